The van der Waals surface area contributed by atoms with Crippen LogP contribution in [0.25, 0.3) is 5.69 Å². The van der Waals surface area contributed by atoms with Crippen molar-refractivity contribution in [3.05, 3.63) is 84.2 Å². The number of ether oxygens (including phenoxy) is 1. The van der Waals surface area contributed by atoms with E-state index in [9.17, 15) is 9.59 Å². The van der Waals surface area contributed by atoms with Gasteiger partial charge in [0, 0.05) is 18.8 Å². The van der Waals surface area contributed by atoms with Gasteiger partial charge in [0.2, 0.25) is 5.91 Å². The van der Waals surface area contributed by atoms with Crippen LogP contribution in [0.15, 0.2) is 73.1 Å². The molecule has 0 aliphatic heterocycles. The fourth-order valence-electron chi connectivity index (χ4n) is 2.77. The molecule has 0 saturated heterocycles. The molecule has 0 aliphatic rings. The van der Waals surface area contributed by atoms with Crippen molar-refractivity contribution < 1.29 is 14.3 Å². The molecule has 2 amide bonds. The molecule has 28 heavy (non-hydrogen) atoms. The van der Waals surface area contributed by atoms with Crippen molar-refractivity contribution in [2.24, 2.45) is 0 Å². The van der Waals surface area contributed by atoms with E-state index in [2.05, 4.69) is 10.9 Å². The monoisotopic (exact) mass is 377 g/mol. The third-order valence-corrected chi connectivity index (χ3v) is 4.15. The number of amides is 2. The van der Waals surface area contributed by atoms with E-state index in [0.717, 1.165) is 17.0 Å². The zero-order valence-corrected chi connectivity index (χ0v) is 15.7. The summed E-state index contributed by atoms with van der Waals surface area (Å²) in [4.78, 5) is 24.4. The summed E-state index contributed by atoms with van der Waals surface area (Å²) in [5.41, 5.74) is 7.27. The standard InChI is InChI=1S/C22H23N3O3/c1-17-8-6-9-18(16-17)28-15-7-12-21(26)23-24-22(27)19-10-2-3-11-20(19)25-13-4-5-14-25/h2-6,8-11,13-14,16H,7,12,15H2,1H3,(H,23,26)(H,24,27). The molecule has 3 aromatic rings. The molecule has 6 heteroatoms. The smallest absolute Gasteiger partial charge is 0.271 e. The van der Waals surface area contributed by atoms with Crippen LogP contribution in [-0.4, -0.2) is 23.0 Å². The largest absolute Gasteiger partial charge is 0.494 e. The maximum absolute atomic E-state index is 12.4. The summed E-state index contributed by atoms with van der Waals surface area (Å²) in [5, 5.41) is 0. The van der Waals surface area contributed by atoms with Gasteiger partial charge in [0.1, 0.15) is 5.75 Å². The van der Waals surface area contributed by atoms with Crippen molar-refractivity contribution in [3.63, 3.8) is 0 Å². The van der Waals surface area contributed by atoms with Gasteiger partial charge in [-0.05, 0) is 55.3 Å². The van der Waals surface area contributed by atoms with E-state index in [1.54, 1.807) is 12.1 Å². The van der Waals surface area contributed by atoms with E-state index in [-0.39, 0.29) is 18.2 Å². The molecule has 0 aliphatic carbocycles. The third kappa shape index (κ3) is 5.23. The highest BCUT2D eigenvalue weighted by atomic mass is 16.5. The van der Waals surface area contributed by atoms with Gasteiger partial charge < -0.3 is 9.30 Å². The molecule has 1 aromatic heterocycles. The Bertz CT molecular complexity index is 936. The Balaban J connectivity index is 1.44. The van der Waals surface area contributed by atoms with Crippen molar-refractivity contribution in [2.75, 3.05) is 6.61 Å². The molecule has 144 valence electrons. The van der Waals surface area contributed by atoms with E-state index in [1.807, 2.05) is 72.4 Å². The maximum atomic E-state index is 12.4. The Morgan fingerprint density at radius 3 is 2.54 bits per heavy atom. The zero-order valence-electron chi connectivity index (χ0n) is 15.7. The molecule has 0 fully saturated rings. The minimum absolute atomic E-state index is 0.255. The van der Waals surface area contributed by atoms with Crippen LogP contribution in [0.5, 0.6) is 5.75 Å². The predicted octanol–water partition coefficient (Wildman–Crippen LogP) is 3.41. The highest BCUT2D eigenvalue weighted by molar-refractivity contribution is 5.98. The number of carbonyl (C=O) groups excluding carboxylic acids is 2. The number of hydrogen-bond acceptors (Lipinski definition) is 3. The third-order valence-electron chi connectivity index (χ3n) is 4.15. The summed E-state index contributed by atoms with van der Waals surface area (Å²) in [7, 11) is 0. The van der Waals surface area contributed by atoms with Crippen LogP contribution in [0.1, 0.15) is 28.8 Å². The number of para-hydroxylation sites is 1. The van der Waals surface area contributed by atoms with Gasteiger partial charge >= 0.3 is 0 Å². The molecule has 0 saturated carbocycles. The van der Waals surface area contributed by atoms with Gasteiger partial charge in [-0.2, -0.15) is 0 Å². The summed E-state index contributed by atoms with van der Waals surface area (Å²) in [6.45, 7) is 2.43. The first-order valence-electron chi connectivity index (χ1n) is 9.14. The Labute approximate surface area is 164 Å². The maximum Gasteiger partial charge on any atom is 0.271 e. The minimum Gasteiger partial charge on any atom is -0.494 e. The Morgan fingerprint density at radius 1 is 0.964 bits per heavy atom. The molecule has 3 rings (SSSR count). The van der Waals surface area contributed by atoms with Gasteiger partial charge in [-0.1, -0.05) is 24.3 Å². The number of aryl methyl sites for hydroxylation is 1. The number of hydrogen-bond donors (Lipinski definition) is 2. The summed E-state index contributed by atoms with van der Waals surface area (Å²) < 4.78 is 7.47. The average molecular weight is 377 g/mol. The lowest BCUT2D eigenvalue weighted by Crippen LogP contribution is -2.42. The average Bonchev–Trinajstić information content (AvgIpc) is 3.24. The molecule has 1 heterocycles. The molecule has 2 N–H and O–H groups in total. The van der Waals surface area contributed by atoms with Crippen LogP contribution in [-0.2, 0) is 4.79 Å². The predicted molar refractivity (Wildman–Crippen MR) is 107 cm³/mol. The second-order valence-corrected chi connectivity index (χ2v) is 6.38. The number of nitrogens with zero attached hydrogens (tertiary/aromatic N) is 1. The highest BCUT2D eigenvalue weighted by Crippen LogP contribution is 2.14. The number of rotatable bonds is 7. The summed E-state index contributed by atoms with van der Waals surface area (Å²) >= 11 is 0. The van der Waals surface area contributed by atoms with Crippen LogP contribution in [0.2, 0.25) is 0 Å². The molecule has 0 spiro atoms. The Morgan fingerprint density at radius 2 is 1.75 bits per heavy atom. The SMILES string of the molecule is Cc1cccc(OCCCC(=O)NNC(=O)c2ccccc2-n2cccc2)c1. The first-order chi connectivity index (χ1) is 13.6. The first-order valence-corrected chi connectivity index (χ1v) is 9.14. The lowest BCUT2D eigenvalue weighted by atomic mass is 10.1. The summed E-state index contributed by atoms with van der Waals surface area (Å²) in [5.74, 6) is 0.156. The van der Waals surface area contributed by atoms with E-state index in [1.165, 1.54) is 0 Å². The first kappa shape index (κ1) is 19.2. The van der Waals surface area contributed by atoms with Gasteiger partial charge in [-0.25, -0.2) is 0 Å². The van der Waals surface area contributed by atoms with Crippen LogP contribution in [0.3, 0.4) is 0 Å². The number of nitrogens with one attached hydrogen (secondary N) is 2. The Hall–Kier alpha value is -3.54. The lowest BCUT2D eigenvalue weighted by molar-refractivity contribution is -0.122. The fourth-order valence-corrected chi connectivity index (χ4v) is 2.77. The van der Waals surface area contributed by atoms with E-state index in [4.69, 9.17) is 4.74 Å². The molecule has 6 nitrogen and oxygen atoms in total. The van der Waals surface area contributed by atoms with Gasteiger partial charge in [0.15, 0.2) is 0 Å². The quantitative estimate of drug-likeness (QED) is 0.490. The van der Waals surface area contributed by atoms with Crippen molar-refractivity contribution in [2.45, 2.75) is 19.8 Å². The van der Waals surface area contributed by atoms with E-state index in [0.29, 0.717) is 18.6 Å². The molecular weight excluding hydrogens is 354 g/mol. The van der Waals surface area contributed by atoms with Crippen molar-refractivity contribution in [1.82, 2.24) is 15.4 Å². The van der Waals surface area contributed by atoms with Gasteiger partial charge in [-0.15, -0.1) is 0 Å². The van der Waals surface area contributed by atoms with Gasteiger partial charge in [-0.3, -0.25) is 20.4 Å². The topological polar surface area (TPSA) is 72.4 Å². The molecule has 2 aromatic carbocycles. The highest BCUT2D eigenvalue weighted by Gasteiger charge is 2.12. The van der Waals surface area contributed by atoms with Crippen molar-refractivity contribution >= 4 is 11.8 Å². The molecule has 0 bridgehead atoms. The molecule has 0 radical (unpaired) electrons. The summed E-state index contributed by atoms with van der Waals surface area (Å²) in [6, 6.07) is 18.7. The Kier molecular flexibility index (Phi) is 6.46. The van der Waals surface area contributed by atoms with Gasteiger partial charge in [0.05, 0.1) is 17.9 Å². The molecule has 0 unspecified atom stereocenters. The number of carbonyl (C=O) groups is 2. The molecular formula is C22H23N3O3. The number of aromatic nitrogens is 1. The lowest BCUT2D eigenvalue weighted by Gasteiger charge is -2.12. The van der Waals surface area contributed by atoms with E-state index < -0.39 is 0 Å². The fraction of sp³-hybridized carbons (Fsp3) is 0.182. The minimum atomic E-state index is -0.367. The molecule has 0 atom stereocenters. The van der Waals surface area contributed by atoms with Crippen LogP contribution < -0.4 is 15.6 Å². The van der Waals surface area contributed by atoms with Crippen LogP contribution in [0, 0.1) is 6.92 Å². The van der Waals surface area contributed by atoms with Crippen molar-refractivity contribution in [1.29, 1.82) is 0 Å². The second kappa shape index (κ2) is 9.41. The van der Waals surface area contributed by atoms with E-state index >= 15 is 0 Å². The van der Waals surface area contributed by atoms with Crippen molar-refractivity contribution in [3.8, 4) is 11.4 Å². The number of benzene rings is 2. The second-order valence-electron chi connectivity index (χ2n) is 6.38. The summed E-state index contributed by atoms with van der Waals surface area (Å²) in [6.07, 6.45) is 4.53. The van der Waals surface area contributed by atoms with Crippen LogP contribution in [0.4, 0.5) is 0 Å². The zero-order chi connectivity index (χ0) is 19.8. The normalized spacial score (nSPS) is 10.3. The van der Waals surface area contributed by atoms with Crippen LogP contribution >= 0.6 is 0 Å². The van der Waals surface area contributed by atoms with Gasteiger partial charge in [0.25, 0.3) is 5.91 Å². The number of hydrazine groups is 1.